The lowest BCUT2D eigenvalue weighted by atomic mass is 10.0. The molecular formula is C10H18F4N2O. The van der Waals surface area contributed by atoms with Crippen LogP contribution in [0.3, 0.4) is 0 Å². The summed E-state index contributed by atoms with van der Waals surface area (Å²) < 4.78 is 49.0. The molecule has 0 aliphatic heterocycles. The van der Waals surface area contributed by atoms with Crippen molar-refractivity contribution in [2.75, 3.05) is 20.6 Å². The van der Waals surface area contributed by atoms with Crippen molar-refractivity contribution in [3.05, 3.63) is 0 Å². The maximum absolute atomic E-state index is 12.6. The third kappa shape index (κ3) is 4.49. The highest BCUT2D eigenvalue weighted by Crippen LogP contribution is 2.22. The van der Waals surface area contributed by atoms with Crippen molar-refractivity contribution in [1.82, 2.24) is 10.2 Å². The molecule has 17 heavy (non-hydrogen) atoms. The van der Waals surface area contributed by atoms with E-state index < -0.39 is 18.3 Å². The molecule has 3 nitrogen and oxygen atoms in total. The number of alkyl halides is 4. The van der Waals surface area contributed by atoms with Gasteiger partial charge in [-0.05, 0) is 20.0 Å². The normalized spacial score (nSPS) is 14.5. The van der Waals surface area contributed by atoms with Crippen LogP contribution in [0.5, 0.6) is 0 Å². The molecule has 0 saturated heterocycles. The first-order valence-electron chi connectivity index (χ1n) is 5.21. The fraction of sp³-hybridized carbons (Fsp3) is 0.900. The van der Waals surface area contributed by atoms with E-state index in [1.807, 2.05) is 19.2 Å². The Morgan fingerprint density at radius 2 is 1.76 bits per heavy atom. The topological polar surface area (TPSA) is 32.3 Å². The Morgan fingerprint density at radius 3 is 2.06 bits per heavy atom. The number of halogens is 4. The van der Waals surface area contributed by atoms with Crippen molar-refractivity contribution < 1.29 is 22.4 Å². The average Bonchev–Trinajstić information content (AvgIpc) is 2.15. The van der Waals surface area contributed by atoms with Crippen molar-refractivity contribution in [2.24, 2.45) is 5.92 Å². The summed E-state index contributed by atoms with van der Waals surface area (Å²) in [5, 5.41) is 1.86. The van der Waals surface area contributed by atoms with Crippen LogP contribution in [0.2, 0.25) is 0 Å². The molecular weight excluding hydrogens is 240 g/mol. The van der Waals surface area contributed by atoms with E-state index in [0.29, 0.717) is 0 Å². The molecule has 1 unspecified atom stereocenters. The molecule has 1 N–H and O–H groups in total. The van der Waals surface area contributed by atoms with Crippen LogP contribution in [0, 0.1) is 5.92 Å². The molecule has 102 valence electrons. The molecule has 1 atom stereocenters. The second-order valence-corrected chi connectivity index (χ2v) is 4.41. The summed E-state index contributed by atoms with van der Waals surface area (Å²) in [6, 6.07) is -0.188. The molecule has 1 amide bonds. The van der Waals surface area contributed by atoms with Crippen LogP contribution in [0.15, 0.2) is 0 Å². The minimum Gasteiger partial charge on any atom is -0.349 e. The van der Waals surface area contributed by atoms with Crippen LogP contribution in [0.4, 0.5) is 17.6 Å². The van der Waals surface area contributed by atoms with Gasteiger partial charge in [0.05, 0.1) is 0 Å². The number of carbonyl (C=O) groups is 1. The van der Waals surface area contributed by atoms with E-state index in [4.69, 9.17) is 0 Å². The van der Waals surface area contributed by atoms with E-state index in [1.165, 1.54) is 0 Å². The van der Waals surface area contributed by atoms with Gasteiger partial charge in [-0.2, -0.15) is 8.78 Å². The maximum atomic E-state index is 12.6. The van der Waals surface area contributed by atoms with Crippen LogP contribution >= 0.6 is 0 Å². The van der Waals surface area contributed by atoms with E-state index in [2.05, 4.69) is 0 Å². The summed E-state index contributed by atoms with van der Waals surface area (Å²) >= 11 is 0. The Hall–Kier alpha value is -0.850. The molecule has 0 fully saturated rings. The van der Waals surface area contributed by atoms with E-state index >= 15 is 0 Å². The summed E-state index contributed by atoms with van der Waals surface area (Å²) in [5.74, 6) is -6.46. The Labute approximate surface area is 98.2 Å². The number of carbonyl (C=O) groups excluding carboxylic acids is 1. The minimum absolute atomic E-state index is 0.0915. The highest BCUT2D eigenvalue weighted by Gasteiger charge is 2.48. The van der Waals surface area contributed by atoms with Crippen LogP contribution < -0.4 is 5.32 Å². The number of hydrogen-bond acceptors (Lipinski definition) is 2. The van der Waals surface area contributed by atoms with Gasteiger partial charge >= 0.3 is 12.3 Å². The number of nitrogens with zero attached hydrogens (tertiary/aromatic N) is 1. The van der Waals surface area contributed by atoms with Gasteiger partial charge in [0.25, 0.3) is 5.91 Å². The number of nitrogens with one attached hydrogen (secondary N) is 1. The van der Waals surface area contributed by atoms with Crippen LogP contribution in [-0.4, -0.2) is 49.8 Å². The summed E-state index contributed by atoms with van der Waals surface area (Å²) in [7, 11) is 3.45. The summed E-state index contributed by atoms with van der Waals surface area (Å²) in [6.45, 7) is 3.61. The fourth-order valence-corrected chi connectivity index (χ4v) is 1.43. The van der Waals surface area contributed by atoms with Gasteiger partial charge in [0.15, 0.2) is 0 Å². The Kier molecular flexibility index (Phi) is 5.87. The standard InChI is InChI=1S/C10H18F4N2O/c1-6(2)7(16(3)4)5-15-9(17)10(13,14)8(11)12/h6-8H,5H2,1-4H3,(H,15,17). The zero-order valence-corrected chi connectivity index (χ0v) is 10.3. The Morgan fingerprint density at radius 1 is 1.29 bits per heavy atom. The molecule has 0 aliphatic rings. The molecule has 0 aromatic heterocycles. The van der Waals surface area contributed by atoms with E-state index in [9.17, 15) is 22.4 Å². The first-order valence-corrected chi connectivity index (χ1v) is 5.21. The number of rotatable bonds is 6. The van der Waals surface area contributed by atoms with E-state index in [-0.39, 0.29) is 18.5 Å². The van der Waals surface area contributed by atoms with Crippen LogP contribution in [0.1, 0.15) is 13.8 Å². The van der Waals surface area contributed by atoms with Crippen molar-refractivity contribution >= 4 is 5.91 Å². The van der Waals surface area contributed by atoms with E-state index in [1.54, 1.807) is 19.0 Å². The minimum atomic E-state index is -4.63. The lowest BCUT2D eigenvalue weighted by Gasteiger charge is -2.28. The third-order valence-corrected chi connectivity index (χ3v) is 2.48. The number of amides is 1. The van der Waals surface area contributed by atoms with Gasteiger partial charge in [-0.25, -0.2) is 8.78 Å². The quantitative estimate of drug-likeness (QED) is 0.734. The summed E-state index contributed by atoms with van der Waals surface area (Å²) in [5.41, 5.74) is 0. The number of hydrogen-bond donors (Lipinski definition) is 1. The van der Waals surface area contributed by atoms with E-state index in [0.717, 1.165) is 0 Å². The van der Waals surface area contributed by atoms with Gasteiger partial charge in [-0.3, -0.25) is 4.79 Å². The maximum Gasteiger partial charge on any atom is 0.383 e. The predicted molar refractivity (Wildman–Crippen MR) is 56.3 cm³/mol. The molecule has 7 heteroatoms. The second-order valence-electron chi connectivity index (χ2n) is 4.41. The predicted octanol–water partition coefficient (Wildman–Crippen LogP) is 1.59. The molecule has 0 bridgehead atoms. The van der Waals surface area contributed by atoms with Crippen molar-refractivity contribution in [3.8, 4) is 0 Å². The Bertz CT molecular complexity index is 249. The zero-order chi connectivity index (χ0) is 13.8. The SMILES string of the molecule is CC(C)C(CNC(=O)C(F)(F)C(F)F)N(C)C. The lowest BCUT2D eigenvalue weighted by molar-refractivity contribution is -0.169. The lowest BCUT2D eigenvalue weighted by Crippen LogP contribution is -2.50. The highest BCUT2D eigenvalue weighted by molar-refractivity contribution is 5.83. The van der Waals surface area contributed by atoms with Gasteiger partial charge in [0.1, 0.15) is 0 Å². The highest BCUT2D eigenvalue weighted by atomic mass is 19.3. The van der Waals surface area contributed by atoms with Gasteiger partial charge in [0.2, 0.25) is 0 Å². The molecule has 0 spiro atoms. The molecule has 0 aromatic carbocycles. The second kappa shape index (κ2) is 6.18. The first-order chi connectivity index (χ1) is 7.60. The van der Waals surface area contributed by atoms with Gasteiger partial charge in [0, 0.05) is 12.6 Å². The van der Waals surface area contributed by atoms with Crippen LogP contribution in [0.25, 0.3) is 0 Å². The summed E-state index contributed by atoms with van der Waals surface area (Å²) in [4.78, 5) is 12.6. The molecule has 0 rings (SSSR count). The first kappa shape index (κ1) is 16.1. The van der Waals surface area contributed by atoms with Gasteiger partial charge in [-0.15, -0.1) is 0 Å². The fourth-order valence-electron chi connectivity index (χ4n) is 1.43. The Balaban J connectivity index is 4.42. The molecule has 0 radical (unpaired) electrons. The smallest absolute Gasteiger partial charge is 0.349 e. The van der Waals surface area contributed by atoms with Gasteiger partial charge < -0.3 is 10.2 Å². The van der Waals surface area contributed by atoms with Crippen molar-refractivity contribution in [1.29, 1.82) is 0 Å². The molecule has 0 saturated carbocycles. The molecule has 0 aromatic rings. The average molecular weight is 258 g/mol. The zero-order valence-electron chi connectivity index (χ0n) is 10.3. The van der Waals surface area contributed by atoms with Crippen molar-refractivity contribution in [2.45, 2.75) is 32.2 Å². The van der Waals surface area contributed by atoms with Gasteiger partial charge in [-0.1, -0.05) is 13.8 Å². The molecule has 0 heterocycles. The number of likely N-dealkylation sites (N-methyl/N-ethyl adjacent to an activating group) is 1. The largest absolute Gasteiger partial charge is 0.383 e. The monoisotopic (exact) mass is 258 g/mol. The molecule has 0 aliphatic carbocycles. The van der Waals surface area contributed by atoms with Crippen molar-refractivity contribution in [3.63, 3.8) is 0 Å². The third-order valence-electron chi connectivity index (χ3n) is 2.48. The summed E-state index contributed by atoms with van der Waals surface area (Å²) in [6.07, 6.45) is -3.99. The van der Waals surface area contributed by atoms with Crippen LogP contribution in [-0.2, 0) is 4.79 Å².